The molecule has 1 aliphatic rings. The van der Waals surface area contributed by atoms with Crippen LogP contribution in [0.1, 0.15) is 31.4 Å². The molecule has 2 heterocycles. The van der Waals surface area contributed by atoms with Crippen molar-refractivity contribution in [3.8, 4) is 0 Å². The molecule has 5 nitrogen and oxygen atoms in total. The fourth-order valence-corrected chi connectivity index (χ4v) is 3.63. The van der Waals surface area contributed by atoms with Crippen LogP contribution in [0.15, 0.2) is 52.0 Å². The van der Waals surface area contributed by atoms with Crippen LogP contribution in [0.5, 0.6) is 0 Å². The SMILES string of the molecule is CCn1c(=O)c(NC(c2cncc(Br)c2)C2CC2)nc2ccccc21. The molecule has 3 aromatic rings. The molecule has 0 saturated heterocycles. The lowest BCUT2D eigenvalue weighted by Gasteiger charge is -2.20. The first-order valence-corrected chi connectivity index (χ1v) is 9.33. The summed E-state index contributed by atoms with van der Waals surface area (Å²) in [4.78, 5) is 21.8. The van der Waals surface area contributed by atoms with Gasteiger partial charge >= 0.3 is 0 Å². The smallest absolute Gasteiger partial charge is 0.293 e. The quantitative estimate of drug-likeness (QED) is 0.701. The van der Waals surface area contributed by atoms with Crippen molar-refractivity contribution in [2.75, 3.05) is 5.32 Å². The van der Waals surface area contributed by atoms with Gasteiger partial charge < -0.3 is 9.88 Å². The lowest BCUT2D eigenvalue weighted by Crippen LogP contribution is -2.27. The number of hydrogen-bond acceptors (Lipinski definition) is 4. The van der Waals surface area contributed by atoms with Gasteiger partial charge in [0, 0.05) is 23.4 Å². The highest BCUT2D eigenvalue weighted by atomic mass is 79.9. The third-order valence-electron chi connectivity index (χ3n) is 4.64. The van der Waals surface area contributed by atoms with Crippen molar-refractivity contribution in [1.29, 1.82) is 0 Å². The third-order valence-corrected chi connectivity index (χ3v) is 5.07. The highest BCUT2D eigenvalue weighted by Gasteiger charge is 2.33. The Labute approximate surface area is 154 Å². The molecule has 25 heavy (non-hydrogen) atoms. The molecule has 0 radical (unpaired) electrons. The predicted octanol–water partition coefficient (Wildman–Crippen LogP) is 4.14. The molecule has 0 spiro atoms. The number of nitrogens with zero attached hydrogens (tertiary/aromatic N) is 3. The maximum Gasteiger partial charge on any atom is 0.293 e. The number of aromatic nitrogens is 3. The van der Waals surface area contributed by atoms with Crippen LogP contribution >= 0.6 is 15.9 Å². The highest BCUT2D eigenvalue weighted by Crippen LogP contribution is 2.42. The van der Waals surface area contributed by atoms with Crippen LogP contribution < -0.4 is 10.9 Å². The summed E-state index contributed by atoms with van der Waals surface area (Å²) >= 11 is 3.48. The van der Waals surface area contributed by atoms with E-state index in [2.05, 4.69) is 37.3 Å². The molecular formula is C19H19BrN4O. The van der Waals surface area contributed by atoms with Gasteiger partial charge in [0.15, 0.2) is 5.82 Å². The summed E-state index contributed by atoms with van der Waals surface area (Å²) in [5.74, 6) is 0.927. The van der Waals surface area contributed by atoms with E-state index in [1.807, 2.05) is 37.4 Å². The Hall–Kier alpha value is -2.21. The normalized spacial score (nSPS) is 15.3. The fourth-order valence-electron chi connectivity index (χ4n) is 3.25. The summed E-state index contributed by atoms with van der Waals surface area (Å²) in [7, 11) is 0. The third kappa shape index (κ3) is 3.18. The molecule has 1 unspecified atom stereocenters. The minimum absolute atomic E-state index is 0.0525. The lowest BCUT2D eigenvalue weighted by molar-refractivity contribution is 0.665. The van der Waals surface area contributed by atoms with Gasteiger partial charge in [0.05, 0.1) is 17.1 Å². The molecule has 0 amide bonds. The number of benzene rings is 1. The standard InChI is InChI=1S/C19H19BrN4O/c1-2-24-16-6-4-3-5-15(16)22-18(19(24)25)23-17(12-7-8-12)13-9-14(20)11-21-10-13/h3-6,9-12,17H,2,7-8H2,1H3,(H,22,23). The average Bonchev–Trinajstić information content (AvgIpc) is 3.45. The van der Waals surface area contributed by atoms with Crippen molar-refractivity contribution < 1.29 is 0 Å². The van der Waals surface area contributed by atoms with Gasteiger partial charge in [-0.25, -0.2) is 4.98 Å². The summed E-state index contributed by atoms with van der Waals surface area (Å²) in [6.45, 7) is 2.59. The van der Waals surface area contributed by atoms with Gasteiger partial charge in [-0.3, -0.25) is 9.78 Å². The Morgan fingerprint density at radius 2 is 2.12 bits per heavy atom. The average molecular weight is 399 g/mol. The van der Waals surface area contributed by atoms with Crippen molar-refractivity contribution in [2.24, 2.45) is 5.92 Å². The van der Waals surface area contributed by atoms with Crippen molar-refractivity contribution in [3.63, 3.8) is 0 Å². The second-order valence-corrected chi connectivity index (χ2v) is 7.31. The first kappa shape index (κ1) is 16.3. The second-order valence-electron chi connectivity index (χ2n) is 6.39. The van der Waals surface area contributed by atoms with Gasteiger partial charge in [-0.15, -0.1) is 0 Å². The summed E-state index contributed by atoms with van der Waals surface area (Å²) < 4.78 is 2.71. The first-order valence-electron chi connectivity index (χ1n) is 8.54. The van der Waals surface area contributed by atoms with E-state index in [1.54, 1.807) is 10.8 Å². The molecule has 1 fully saturated rings. The molecule has 6 heteroatoms. The number of halogens is 1. The summed E-state index contributed by atoms with van der Waals surface area (Å²) in [5.41, 5.74) is 2.70. The van der Waals surface area contributed by atoms with E-state index >= 15 is 0 Å². The fraction of sp³-hybridized carbons (Fsp3) is 0.316. The molecule has 1 N–H and O–H groups in total. The lowest BCUT2D eigenvalue weighted by atomic mass is 10.0. The predicted molar refractivity (Wildman–Crippen MR) is 103 cm³/mol. The largest absolute Gasteiger partial charge is 0.358 e. The molecule has 1 saturated carbocycles. The van der Waals surface area contributed by atoms with Crippen molar-refractivity contribution >= 4 is 32.8 Å². The Bertz CT molecular complexity index is 981. The van der Waals surface area contributed by atoms with Gasteiger partial charge in [-0.1, -0.05) is 12.1 Å². The summed E-state index contributed by atoms with van der Waals surface area (Å²) in [5, 5.41) is 3.41. The van der Waals surface area contributed by atoms with E-state index in [1.165, 1.54) is 0 Å². The zero-order chi connectivity index (χ0) is 17.4. The number of anilines is 1. The van der Waals surface area contributed by atoms with Crippen LogP contribution in [-0.4, -0.2) is 14.5 Å². The van der Waals surface area contributed by atoms with Crippen LogP contribution in [0.4, 0.5) is 5.82 Å². The van der Waals surface area contributed by atoms with Gasteiger partial charge in [-0.05, 0) is 65.4 Å². The van der Waals surface area contributed by atoms with Crippen LogP contribution in [-0.2, 0) is 6.54 Å². The molecular weight excluding hydrogens is 380 g/mol. The number of fused-ring (bicyclic) bond motifs is 1. The van der Waals surface area contributed by atoms with Gasteiger partial charge in [0.2, 0.25) is 0 Å². The highest BCUT2D eigenvalue weighted by molar-refractivity contribution is 9.10. The Kier molecular flexibility index (Phi) is 4.29. The van der Waals surface area contributed by atoms with Crippen LogP contribution in [0.25, 0.3) is 11.0 Å². The number of pyridine rings is 1. The topological polar surface area (TPSA) is 59.8 Å². The van der Waals surface area contributed by atoms with E-state index in [-0.39, 0.29) is 11.6 Å². The first-order chi connectivity index (χ1) is 12.2. The van der Waals surface area contributed by atoms with Crippen LogP contribution in [0, 0.1) is 5.92 Å². The number of nitrogens with one attached hydrogen (secondary N) is 1. The van der Waals surface area contributed by atoms with Gasteiger partial charge in [0.25, 0.3) is 5.56 Å². The molecule has 4 rings (SSSR count). The molecule has 2 aromatic heterocycles. The zero-order valence-electron chi connectivity index (χ0n) is 13.9. The number of rotatable bonds is 5. The molecule has 0 bridgehead atoms. The van der Waals surface area contributed by atoms with E-state index in [0.29, 0.717) is 18.3 Å². The monoisotopic (exact) mass is 398 g/mol. The van der Waals surface area contributed by atoms with Gasteiger partial charge in [0.1, 0.15) is 0 Å². The van der Waals surface area contributed by atoms with E-state index in [4.69, 9.17) is 0 Å². The van der Waals surface area contributed by atoms with Crippen molar-refractivity contribution in [3.05, 3.63) is 63.1 Å². The minimum Gasteiger partial charge on any atom is -0.358 e. The van der Waals surface area contributed by atoms with Crippen LogP contribution in [0.3, 0.4) is 0 Å². The van der Waals surface area contributed by atoms with Crippen molar-refractivity contribution in [1.82, 2.24) is 14.5 Å². The number of hydrogen-bond donors (Lipinski definition) is 1. The molecule has 1 atom stereocenters. The van der Waals surface area contributed by atoms with E-state index in [9.17, 15) is 4.79 Å². The Morgan fingerprint density at radius 3 is 2.84 bits per heavy atom. The zero-order valence-corrected chi connectivity index (χ0v) is 15.5. The van der Waals surface area contributed by atoms with Gasteiger partial charge in [-0.2, -0.15) is 0 Å². The number of para-hydroxylation sites is 2. The van der Waals surface area contributed by atoms with E-state index in [0.717, 1.165) is 33.9 Å². The molecule has 1 aromatic carbocycles. The maximum atomic E-state index is 12.9. The van der Waals surface area contributed by atoms with Crippen LogP contribution in [0.2, 0.25) is 0 Å². The van der Waals surface area contributed by atoms with Crippen molar-refractivity contribution in [2.45, 2.75) is 32.4 Å². The van der Waals surface area contributed by atoms with E-state index < -0.39 is 0 Å². The molecule has 0 aliphatic heterocycles. The molecule has 1 aliphatic carbocycles. The Morgan fingerprint density at radius 1 is 1.32 bits per heavy atom. The minimum atomic E-state index is -0.0743. The summed E-state index contributed by atoms with van der Waals surface area (Å²) in [6.07, 6.45) is 5.94. The second kappa shape index (κ2) is 6.59. The Balaban J connectivity index is 1.78. The maximum absolute atomic E-state index is 12.9. The summed E-state index contributed by atoms with van der Waals surface area (Å²) in [6, 6.07) is 9.87. The number of aryl methyl sites for hydroxylation is 1. The molecule has 128 valence electrons.